The van der Waals surface area contributed by atoms with E-state index in [0.29, 0.717) is 56.2 Å². The van der Waals surface area contributed by atoms with Crippen molar-refractivity contribution in [3.05, 3.63) is 79.8 Å². The molecule has 3 saturated heterocycles. The van der Waals surface area contributed by atoms with Crippen LogP contribution in [0.2, 0.25) is 10.0 Å². The van der Waals surface area contributed by atoms with E-state index in [1.807, 2.05) is 13.0 Å². The number of hydrogen-bond acceptors (Lipinski definition) is 10. The van der Waals surface area contributed by atoms with Gasteiger partial charge in [0.2, 0.25) is 0 Å². The van der Waals surface area contributed by atoms with E-state index in [1.165, 1.54) is 19.4 Å². The number of fused-ring (bicyclic) bond motifs is 4. The van der Waals surface area contributed by atoms with Crippen molar-refractivity contribution in [2.24, 2.45) is 11.8 Å². The van der Waals surface area contributed by atoms with Crippen LogP contribution in [0.15, 0.2) is 35.7 Å². The second-order valence-electron chi connectivity index (χ2n) is 14.6. The van der Waals surface area contributed by atoms with Gasteiger partial charge in [-0.05, 0) is 126 Å². The number of aliphatic hydroxyl groups is 3. The summed E-state index contributed by atoms with van der Waals surface area (Å²) < 4.78 is 19.7. The van der Waals surface area contributed by atoms with Crippen molar-refractivity contribution in [1.82, 2.24) is 24.6 Å². The lowest BCUT2D eigenvalue weighted by atomic mass is 9.87. The van der Waals surface area contributed by atoms with E-state index in [0.717, 1.165) is 89.7 Å². The molecular formula is C40H45Cl2FN6O4S. The molecule has 2 aromatic carbocycles. The zero-order valence-electron chi connectivity index (χ0n) is 30.5. The highest BCUT2D eigenvalue weighted by atomic mass is 35.5. The highest BCUT2D eigenvalue weighted by Crippen LogP contribution is 2.42. The summed E-state index contributed by atoms with van der Waals surface area (Å²) in [4.78, 5) is 20.2. The molecule has 2 bridgehead atoms. The molecule has 2 aliphatic carbocycles. The van der Waals surface area contributed by atoms with Gasteiger partial charge in [-0.3, -0.25) is 4.90 Å². The lowest BCUT2D eigenvalue weighted by Crippen LogP contribution is -2.25. The molecule has 10 rings (SSSR count). The Morgan fingerprint density at radius 1 is 1.15 bits per heavy atom. The summed E-state index contributed by atoms with van der Waals surface area (Å²) in [5, 5.41) is 42.4. The molecule has 0 amide bonds. The fourth-order valence-corrected chi connectivity index (χ4v) is 8.39. The van der Waals surface area contributed by atoms with Crippen molar-refractivity contribution in [3.63, 3.8) is 0 Å². The number of aromatic nitrogens is 3. The van der Waals surface area contributed by atoms with Crippen molar-refractivity contribution in [1.29, 1.82) is 5.26 Å². The highest BCUT2D eigenvalue weighted by molar-refractivity contribution is 7.03. The maximum atomic E-state index is 16.2. The van der Waals surface area contributed by atoms with Gasteiger partial charge in [-0.1, -0.05) is 35.3 Å². The van der Waals surface area contributed by atoms with Crippen molar-refractivity contribution in [2.45, 2.75) is 83.3 Å². The van der Waals surface area contributed by atoms with Crippen molar-refractivity contribution >= 4 is 62.8 Å². The number of nitriles is 1. The molecule has 5 N–H and O–H groups in total. The van der Waals surface area contributed by atoms with Gasteiger partial charge in [0.05, 0.1) is 21.6 Å². The van der Waals surface area contributed by atoms with Gasteiger partial charge in [-0.15, -0.1) is 0 Å². The Balaban J connectivity index is 0.000000189. The largest absolute Gasteiger partial charge is 0.356 e. The van der Waals surface area contributed by atoms with Crippen molar-refractivity contribution < 1.29 is 24.5 Å². The molecule has 3 aromatic heterocycles. The molecule has 5 aromatic rings. The predicted molar refractivity (Wildman–Crippen MR) is 211 cm³/mol. The first-order valence-corrected chi connectivity index (χ1v) is 19.8. The lowest BCUT2D eigenvalue weighted by molar-refractivity contribution is -0.326. The van der Waals surface area contributed by atoms with Crippen LogP contribution in [0.3, 0.4) is 0 Å². The monoisotopic (exact) mass is 794 g/mol. The maximum absolute atomic E-state index is 16.2. The number of halogens is 3. The van der Waals surface area contributed by atoms with Crippen LogP contribution in [0.1, 0.15) is 79.2 Å². The van der Waals surface area contributed by atoms with Crippen LogP contribution in [0.5, 0.6) is 0 Å². The lowest BCUT2D eigenvalue weighted by Gasteiger charge is -2.19. The van der Waals surface area contributed by atoms with Crippen LogP contribution in [-0.2, 0) is 17.2 Å². The van der Waals surface area contributed by atoms with Crippen LogP contribution in [0.25, 0.3) is 32.9 Å². The number of nitrogens with one attached hydrogen (secondary N) is 2. The zero-order valence-corrected chi connectivity index (χ0v) is 32.8. The second kappa shape index (κ2) is 17.1. The molecule has 1 unspecified atom stereocenters. The van der Waals surface area contributed by atoms with Crippen LogP contribution < -0.4 is 5.32 Å². The van der Waals surface area contributed by atoms with Crippen molar-refractivity contribution in [2.75, 3.05) is 20.1 Å². The molecule has 5 aliphatic rings. The van der Waals surface area contributed by atoms with Crippen LogP contribution in [-0.4, -0.2) is 67.0 Å². The third-order valence-electron chi connectivity index (χ3n) is 10.5. The number of aryl methyl sites for hydroxylation is 3. The Bertz CT molecular complexity index is 2160. The first-order valence-electron chi connectivity index (χ1n) is 18.2. The third-order valence-corrected chi connectivity index (χ3v) is 12.1. The quantitative estimate of drug-likeness (QED) is 0.0853. The number of rotatable bonds is 6. The Morgan fingerprint density at radius 2 is 1.91 bits per heavy atom. The van der Waals surface area contributed by atoms with E-state index in [9.17, 15) is 10.1 Å². The van der Waals surface area contributed by atoms with Crippen LogP contribution in [0, 0.1) is 42.8 Å². The topological polar surface area (TPSA) is 158 Å². The van der Waals surface area contributed by atoms with Gasteiger partial charge in [0, 0.05) is 63.1 Å². The van der Waals surface area contributed by atoms with Gasteiger partial charge in [0.1, 0.15) is 17.5 Å². The summed E-state index contributed by atoms with van der Waals surface area (Å²) in [7, 11) is 2.13. The first kappa shape index (κ1) is 40.2. The molecule has 286 valence electrons. The van der Waals surface area contributed by atoms with E-state index >= 15 is 4.39 Å². The van der Waals surface area contributed by atoms with E-state index in [2.05, 4.69) is 43.7 Å². The van der Waals surface area contributed by atoms with Crippen LogP contribution in [0.4, 0.5) is 4.39 Å². The highest BCUT2D eigenvalue weighted by Gasteiger charge is 2.35. The Hall–Kier alpha value is -3.51. The number of aromatic amines is 1. The molecule has 5 fully saturated rings. The molecule has 0 radical (unpaired) electrons. The smallest absolute Gasteiger partial charge is 0.323 e. The van der Waals surface area contributed by atoms with Gasteiger partial charge >= 0.3 is 5.97 Å². The number of pyridine rings is 1. The molecule has 3 aliphatic heterocycles. The number of aldehydes is 1. The molecule has 54 heavy (non-hydrogen) atoms. The number of nitrogens with zero attached hydrogens (tertiary/aromatic N) is 4. The minimum Gasteiger partial charge on any atom is -0.356 e. The number of carbonyl (C=O) groups is 1. The fourth-order valence-electron chi connectivity index (χ4n) is 7.30. The van der Waals surface area contributed by atoms with E-state index < -0.39 is 11.8 Å². The molecule has 0 spiro atoms. The normalized spacial score (nSPS) is 20.3. The van der Waals surface area contributed by atoms with Gasteiger partial charge in [0.15, 0.2) is 5.82 Å². The molecule has 1 atom stereocenters. The summed E-state index contributed by atoms with van der Waals surface area (Å²) >= 11 is 13.8. The molecule has 2 saturated carbocycles. The number of hydrogen-bond donors (Lipinski definition) is 5. The van der Waals surface area contributed by atoms with Gasteiger partial charge in [0.25, 0.3) is 0 Å². The summed E-state index contributed by atoms with van der Waals surface area (Å²) in [5.41, 5.74) is 5.13. The summed E-state index contributed by atoms with van der Waals surface area (Å²) in [6.07, 6.45) is 9.17. The van der Waals surface area contributed by atoms with Gasteiger partial charge < -0.3 is 30.4 Å². The fraction of sp³-hybridized carbons (Fsp3) is 0.450. The first-order chi connectivity index (χ1) is 25.8. The number of H-pyrrole nitrogens is 1. The third kappa shape index (κ3) is 8.96. The summed E-state index contributed by atoms with van der Waals surface area (Å²) in [6.45, 7) is 5.92. The summed E-state index contributed by atoms with van der Waals surface area (Å²) in [5.74, 6) is -1.70. The molecule has 6 heterocycles. The van der Waals surface area contributed by atoms with E-state index in [4.69, 9.17) is 38.5 Å². The van der Waals surface area contributed by atoms with E-state index in [-0.39, 0.29) is 12.1 Å². The molecule has 14 heteroatoms. The minimum atomic E-state index is -2.79. The number of likely N-dealkylation sites (tertiary alicyclic amines) is 1. The Labute approximate surface area is 328 Å². The molecular weight excluding hydrogens is 750 g/mol. The predicted octanol–water partition coefficient (Wildman–Crippen LogP) is 7.86. The van der Waals surface area contributed by atoms with Gasteiger partial charge in [-0.2, -0.15) is 9.64 Å². The number of carbonyl (C=O) groups excluding carboxylic acids is 1. The van der Waals surface area contributed by atoms with Gasteiger partial charge in [-0.25, -0.2) is 9.37 Å². The van der Waals surface area contributed by atoms with Crippen LogP contribution >= 0.6 is 34.7 Å². The Kier molecular flexibility index (Phi) is 12.7. The van der Waals surface area contributed by atoms with Crippen molar-refractivity contribution in [3.8, 4) is 17.2 Å². The minimum absolute atomic E-state index is 0.0995. The maximum Gasteiger partial charge on any atom is 0.323 e. The molecule has 10 nitrogen and oxygen atoms in total. The second-order valence-corrected chi connectivity index (χ2v) is 16.0. The SMILES string of the molecule is C1NC2CC1C2.Cc1csnc1C(O)(O)O.Cc1nc2c(F)c(-c3cccc(Cl)c3Cl)c(CCC#N)cc2c2[nH]c(C3CCCN3C)cc12.O=CC1CC1. The standard InChI is InChI=1S/C26H23Cl2FN4.C5H7NO3S.C5H9N.C4H6O/c1-14-17-13-20(21-9-5-11-33(21)2)32-25(17)18-12-15(6-4-10-30)22(24(29)26(18)31-14)16-7-3-8-19(27)23(16)28;1-3-2-10-6-4(3)5(7,8)9;1-4-2-5(1)6-3-4;5-3-4-1-2-4/h3,7-8,12-13,21,32H,4-6,9,11H2,1-2H3;2,7-9H,1H3;4-6H,1-3H2;3-4H,1-2H2. The Morgan fingerprint density at radius 3 is 2.41 bits per heavy atom. The summed E-state index contributed by atoms with van der Waals surface area (Å²) in [6, 6.07) is 12.7. The average molecular weight is 796 g/mol. The zero-order chi connectivity index (χ0) is 38.7. The van der Waals surface area contributed by atoms with E-state index in [1.54, 1.807) is 30.5 Å². The number of benzene rings is 2. The average Bonchev–Trinajstić information content (AvgIpc) is 3.68.